The van der Waals surface area contributed by atoms with Gasteiger partial charge >= 0.3 is 5.97 Å². The number of ether oxygens (including phenoxy) is 1. The van der Waals surface area contributed by atoms with Crippen molar-refractivity contribution in [2.75, 3.05) is 11.9 Å². The lowest BCUT2D eigenvalue weighted by Crippen LogP contribution is -2.20. The van der Waals surface area contributed by atoms with Crippen LogP contribution in [-0.4, -0.2) is 29.3 Å². The smallest absolute Gasteiger partial charge is 0.342 e. The number of amides is 1. The number of benzene rings is 1. The van der Waals surface area contributed by atoms with Crippen molar-refractivity contribution in [1.29, 1.82) is 0 Å². The molecule has 0 atom stereocenters. The van der Waals surface area contributed by atoms with Gasteiger partial charge in [0.2, 0.25) is 5.91 Å². The largest absolute Gasteiger partial charge is 0.454 e. The van der Waals surface area contributed by atoms with Crippen molar-refractivity contribution in [3.63, 3.8) is 0 Å². The summed E-state index contributed by atoms with van der Waals surface area (Å²) in [4.78, 5) is 40.0. The quantitative estimate of drug-likeness (QED) is 0.505. The number of hydrogen-bond acceptors (Lipinski definition) is 5. The summed E-state index contributed by atoms with van der Waals surface area (Å²) >= 11 is 6.02. The normalized spacial score (nSPS) is 13.0. The van der Waals surface area contributed by atoms with Gasteiger partial charge < -0.3 is 10.1 Å². The predicted octanol–water partition coefficient (Wildman–Crippen LogP) is 3.28. The molecule has 1 amide bonds. The fraction of sp³-hybridized carbons (Fsp3) is 0.263. The summed E-state index contributed by atoms with van der Waals surface area (Å²) in [6.45, 7) is 3.11. The monoisotopic (exact) mass is 372 g/mol. The lowest BCUT2D eigenvalue weighted by Gasteiger charge is -2.17. The SMILES string of the molecule is Cc1cc(C)c(C(=O)OCC(=O)c2ccc3c(c2)CCC(=O)N3)c(Cl)n1. The minimum absolute atomic E-state index is 0.0375. The molecule has 1 aliphatic rings. The fourth-order valence-electron chi connectivity index (χ4n) is 2.88. The van der Waals surface area contributed by atoms with Gasteiger partial charge in [0.25, 0.3) is 0 Å². The second-order valence-electron chi connectivity index (χ2n) is 6.17. The molecule has 134 valence electrons. The van der Waals surface area contributed by atoms with Gasteiger partial charge in [0.1, 0.15) is 5.15 Å². The Morgan fingerprint density at radius 2 is 2.00 bits per heavy atom. The summed E-state index contributed by atoms with van der Waals surface area (Å²) in [7, 11) is 0. The molecule has 1 aromatic carbocycles. The van der Waals surface area contributed by atoms with E-state index in [1.54, 1.807) is 38.1 Å². The molecular formula is C19H17ClN2O4. The van der Waals surface area contributed by atoms with Crippen LogP contribution in [0.5, 0.6) is 0 Å². The van der Waals surface area contributed by atoms with Crippen molar-refractivity contribution in [3.05, 3.63) is 57.4 Å². The highest BCUT2D eigenvalue weighted by molar-refractivity contribution is 6.32. The first kappa shape index (κ1) is 18.1. The molecule has 1 N–H and O–H groups in total. The molecule has 0 saturated heterocycles. The van der Waals surface area contributed by atoms with Crippen LogP contribution < -0.4 is 5.32 Å². The summed E-state index contributed by atoms with van der Waals surface area (Å²) in [5, 5.41) is 2.82. The molecule has 1 aromatic heterocycles. The van der Waals surface area contributed by atoms with Crippen molar-refractivity contribution in [1.82, 2.24) is 4.98 Å². The number of fused-ring (bicyclic) bond motifs is 1. The van der Waals surface area contributed by atoms with Crippen molar-refractivity contribution in [2.24, 2.45) is 0 Å². The Morgan fingerprint density at radius 3 is 2.73 bits per heavy atom. The number of aromatic nitrogens is 1. The molecule has 0 unspecified atom stereocenters. The molecule has 3 rings (SSSR count). The molecule has 0 fully saturated rings. The molecular weight excluding hydrogens is 356 g/mol. The van der Waals surface area contributed by atoms with Gasteiger partial charge in [0.05, 0.1) is 5.56 Å². The molecule has 2 aromatic rings. The number of nitrogens with one attached hydrogen (secondary N) is 1. The van der Waals surface area contributed by atoms with Crippen LogP contribution in [0.1, 0.15) is 44.0 Å². The molecule has 26 heavy (non-hydrogen) atoms. The van der Waals surface area contributed by atoms with E-state index in [2.05, 4.69) is 10.3 Å². The van der Waals surface area contributed by atoms with Crippen LogP contribution in [0.15, 0.2) is 24.3 Å². The van der Waals surface area contributed by atoms with E-state index in [4.69, 9.17) is 16.3 Å². The van der Waals surface area contributed by atoms with Gasteiger partial charge in [0, 0.05) is 23.4 Å². The van der Waals surface area contributed by atoms with Crippen molar-refractivity contribution < 1.29 is 19.1 Å². The van der Waals surface area contributed by atoms with E-state index in [9.17, 15) is 14.4 Å². The lowest BCUT2D eigenvalue weighted by atomic mass is 9.99. The number of carbonyl (C=O) groups is 3. The van der Waals surface area contributed by atoms with Gasteiger partial charge in [-0.2, -0.15) is 0 Å². The Hall–Kier alpha value is -2.73. The third-order valence-electron chi connectivity index (χ3n) is 4.16. The van der Waals surface area contributed by atoms with Gasteiger partial charge in [-0.3, -0.25) is 9.59 Å². The zero-order chi connectivity index (χ0) is 18.8. The summed E-state index contributed by atoms with van der Waals surface area (Å²) in [5.74, 6) is -1.05. The molecule has 2 heterocycles. The summed E-state index contributed by atoms with van der Waals surface area (Å²) in [5.41, 5.74) is 3.54. The second-order valence-corrected chi connectivity index (χ2v) is 6.52. The van der Waals surface area contributed by atoms with Crippen molar-refractivity contribution in [3.8, 4) is 0 Å². The van der Waals surface area contributed by atoms with Crippen LogP contribution >= 0.6 is 11.6 Å². The highest BCUT2D eigenvalue weighted by Crippen LogP contribution is 2.24. The molecule has 0 saturated carbocycles. The number of hydrogen-bond donors (Lipinski definition) is 1. The number of halogens is 1. The minimum Gasteiger partial charge on any atom is -0.454 e. The number of aryl methyl sites for hydroxylation is 3. The Balaban J connectivity index is 1.70. The van der Waals surface area contributed by atoms with Crippen LogP contribution in [0.4, 0.5) is 5.69 Å². The number of esters is 1. The van der Waals surface area contributed by atoms with Crippen LogP contribution in [-0.2, 0) is 16.0 Å². The van der Waals surface area contributed by atoms with Crippen molar-refractivity contribution in [2.45, 2.75) is 26.7 Å². The van der Waals surface area contributed by atoms with Crippen LogP contribution in [0.25, 0.3) is 0 Å². The maximum absolute atomic E-state index is 12.3. The van der Waals surface area contributed by atoms with E-state index in [0.29, 0.717) is 35.3 Å². The molecule has 7 heteroatoms. The van der Waals surface area contributed by atoms with E-state index in [-0.39, 0.29) is 22.4 Å². The fourth-order valence-corrected chi connectivity index (χ4v) is 3.24. The zero-order valence-corrected chi connectivity index (χ0v) is 15.1. The van der Waals surface area contributed by atoms with E-state index in [1.807, 2.05) is 0 Å². The van der Waals surface area contributed by atoms with E-state index >= 15 is 0 Å². The first-order chi connectivity index (χ1) is 12.3. The Bertz CT molecular complexity index is 901. The summed E-state index contributed by atoms with van der Waals surface area (Å²) in [6.07, 6.45) is 0.962. The van der Waals surface area contributed by atoms with E-state index in [0.717, 1.165) is 5.56 Å². The summed E-state index contributed by atoms with van der Waals surface area (Å²) in [6, 6.07) is 6.73. The first-order valence-corrected chi connectivity index (χ1v) is 8.50. The molecule has 0 spiro atoms. The predicted molar refractivity (Wildman–Crippen MR) is 96.7 cm³/mol. The standard InChI is InChI=1S/C19H17ClN2O4/c1-10-7-11(2)21-18(20)17(10)19(25)26-9-15(23)13-3-5-14-12(8-13)4-6-16(24)22-14/h3,5,7-8H,4,6,9H2,1-2H3,(H,22,24). The van der Waals surface area contributed by atoms with Gasteiger partial charge in [-0.15, -0.1) is 0 Å². The van der Waals surface area contributed by atoms with Gasteiger partial charge in [-0.1, -0.05) is 11.6 Å². The topological polar surface area (TPSA) is 85.4 Å². The Labute approximate surface area is 155 Å². The Kier molecular flexibility index (Phi) is 5.04. The highest BCUT2D eigenvalue weighted by Gasteiger charge is 2.20. The number of pyridine rings is 1. The Morgan fingerprint density at radius 1 is 1.23 bits per heavy atom. The van der Waals surface area contributed by atoms with Gasteiger partial charge in [0.15, 0.2) is 12.4 Å². The lowest BCUT2D eigenvalue weighted by molar-refractivity contribution is -0.116. The maximum Gasteiger partial charge on any atom is 0.342 e. The van der Waals surface area contributed by atoms with Crippen LogP contribution in [0, 0.1) is 13.8 Å². The number of anilines is 1. The third-order valence-corrected chi connectivity index (χ3v) is 4.44. The summed E-state index contributed by atoms with van der Waals surface area (Å²) < 4.78 is 5.12. The van der Waals surface area contributed by atoms with Crippen LogP contribution in [0.3, 0.4) is 0 Å². The average molecular weight is 373 g/mol. The number of Topliss-reactive ketones (excluding diaryl/α,β-unsaturated/α-hetero) is 1. The van der Waals surface area contributed by atoms with Crippen LogP contribution in [0.2, 0.25) is 5.15 Å². The number of rotatable bonds is 4. The van der Waals surface area contributed by atoms with E-state index in [1.165, 1.54) is 0 Å². The minimum atomic E-state index is -0.682. The molecule has 0 bridgehead atoms. The molecule has 0 aliphatic carbocycles. The number of carbonyl (C=O) groups excluding carboxylic acids is 3. The number of ketones is 1. The maximum atomic E-state index is 12.3. The third kappa shape index (κ3) is 3.75. The molecule has 6 nitrogen and oxygen atoms in total. The van der Waals surface area contributed by atoms with Gasteiger partial charge in [-0.05, 0) is 55.7 Å². The highest BCUT2D eigenvalue weighted by atomic mass is 35.5. The number of nitrogens with zero attached hydrogens (tertiary/aromatic N) is 1. The van der Waals surface area contributed by atoms with E-state index < -0.39 is 12.6 Å². The second kappa shape index (κ2) is 7.25. The van der Waals surface area contributed by atoms with Crippen molar-refractivity contribution >= 4 is 34.9 Å². The first-order valence-electron chi connectivity index (χ1n) is 8.12. The molecule has 0 radical (unpaired) electrons. The molecule has 1 aliphatic heterocycles. The average Bonchev–Trinajstić information content (AvgIpc) is 2.58. The van der Waals surface area contributed by atoms with Gasteiger partial charge in [-0.25, -0.2) is 9.78 Å². The zero-order valence-electron chi connectivity index (χ0n) is 14.4.